The molecule has 0 aromatic carbocycles. The average molecular weight is 386 g/mol. The quantitative estimate of drug-likeness (QED) is 0.298. The number of unbranched alkanes of at least 4 members (excludes halogenated alkanes) is 10. The van der Waals surface area contributed by atoms with Crippen LogP contribution in [0.4, 0.5) is 4.79 Å². The Labute approximate surface area is 166 Å². The van der Waals surface area contributed by atoms with E-state index in [2.05, 4.69) is 17.6 Å². The monoisotopic (exact) mass is 385 g/mol. The highest BCUT2D eigenvalue weighted by Gasteiger charge is 2.20. The Balaban J connectivity index is 3.67. The summed E-state index contributed by atoms with van der Waals surface area (Å²) in [5, 5.41) is 16.5. The molecule has 6 heteroatoms. The number of aliphatic carboxylic acids is 1. The molecular formula is C21H43N3O3. The molecule has 0 saturated carbocycles. The molecule has 1 atom stereocenters. The number of carboxylic acid groups (broad SMARTS) is 1. The number of amides is 2. The van der Waals surface area contributed by atoms with E-state index in [1.165, 1.54) is 57.8 Å². The minimum absolute atomic E-state index is 0.165. The molecule has 160 valence electrons. The number of nitrogens with zero attached hydrogens (tertiary/aromatic N) is 1. The van der Waals surface area contributed by atoms with Crippen molar-refractivity contribution in [2.75, 3.05) is 34.2 Å². The van der Waals surface area contributed by atoms with Gasteiger partial charge in [-0.25, -0.2) is 4.79 Å². The Morgan fingerprint density at radius 3 is 1.78 bits per heavy atom. The summed E-state index contributed by atoms with van der Waals surface area (Å²) in [6.45, 7) is 3.42. The van der Waals surface area contributed by atoms with Gasteiger partial charge in [0.05, 0.1) is 33.7 Å². The third-order valence-corrected chi connectivity index (χ3v) is 4.58. The summed E-state index contributed by atoms with van der Waals surface area (Å²) in [6, 6.07) is -0.714. The lowest BCUT2D eigenvalue weighted by molar-refractivity contribution is -0.871. The van der Waals surface area contributed by atoms with Crippen LogP contribution < -0.4 is 15.7 Å². The van der Waals surface area contributed by atoms with E-state index in [0.29, 0.717) is 17.6 Å². The zero-order chi connectivity index (χ0) is 20.5. The Morgan fingerprint density at radius 1 is 0.852 bits per heavy atom. The van der Waals surface area contributed by atoms with Gasteiger partial charge in [-0.3, -0.25) is 0 Å². The Morgan fingerprint density at radius 2 is 1.33 bits per heavy atom. The first-order valence-electron chi connectivity index (χ1n) is 10.8. The molecule has 27 heavy (non-hydrogen) atoms. The maximum Gasteiger partial charge on any atom is 0.315 e. The first-order chi connectivity index (χ1) is 12.7. The lowest BCUT2D eigenvalue weighted by Gasteiger charge is -2.30. The summed E-state index contributed by atoms with van der Waals surface area (Å²) < 4.78 is 0.580. The van der Waals surface area contributed by atoms with Crippen LogP contribution >= 0.6 is 0 Å². The number of urea groups is 1. The zero-order valence-electron chi connectivity index (χ0n) is 18.1. The van der Waals surface area contributed by atoms with Gasteiger partial charge < -0.3 is 25.0 Å². The van der Waals surface area contributed by atoms with Crippen molar-refractivity contribution >= 4 is 12.0 Å². The van der Waals surface area contributed by atoms with Gasteiger partial charge in [0.1, 0.15) is 0 Å². The molecule has 0 aromatic heterocycles. The lowest BCUT2D eigenvalue weighted by atomic mass is 10.1. The number of carbonyl (C=O) groups is 2. The summed E-state index contributed by atoms with van der Waals surface area (Å²) in [4.78, 5) is 22.8. The van der Waals surface area contributed by atoms with Gasteiger partial charge in [-0.05, 0) is 6.42 Å². The van der Waals surface area contributed by atoms with E-state index in [4.69, 9.17) is 0 Å². The smallest absolute Gasteiger partial charge is 0.315 e. The van der Waals surface area contributed by atoms with Crippen LogP contribution in [0.15, 0.2) is 0 Å². The number of rotatable bonds is 17. The fraction of sp³-hybridized carbons (Fsp3) is 0.905. The van der Waals surface area contributed by atoms with Crippen molar-refractivity contribution in [3.05, 3.63) is 0 Å². The van der Waals surface area contributed by atoms with Gasteiger partial charge in [-0.2, -0.15) is 0 Å². The molecule has 0 radical (unpaired) electrons. The van der Waals surface area contributed by atoms with E-state index in [-0.39, 0.29) is 12.5 Å². The standard InChI is InChI=1S/C21H43N3O3/c1-5-6-7-8-9-10-11-12-13-14-15-16-22-21(27)23-19(17-20(25)26)18-24(2,3)4/h19H,5-18H2,1-4H3,(H2-,22,23,25,26,27)/t19-/m1/s1. The largest absolute Gasteiger partial charge is 0.550 e. The van der Waals surface area contributed by atoms with E-state index >= 15 is 0 Å². The van der Waals surface area contributed by atoms with Crippen molar-refractivity contribution in [3.8, 4) is 0 Å². The van der Waals surface area contributed by atoms with Crippen LogP contribution in [0.1, 0.15) is 84.0 Å². The van der Waals surface area contributed by atoms with Crippen molar-refractivity contribution in [1.29, 1.82) is 0 Å². The average Bonchev–Trinajstić information content (AvgIpc) is 2.53. The normalized spacial score (nSPS) is 12.6. The van der Waals surface area contributed by atoms with Crippen LogP contribution in [-0.4, -0.2) is 56.8 Å². The third kappa shape index (κ3) is 19.3. The Hall–Kier alpha value is -1.30. The van der Waals surface area contributed by atoms with E-state index < -0.39 is 12.0 Å². The Bertz CT molecular complexity index is 395. The van der Waals surface area contributed by atoms with Crippen molar-refractivity contribution in [2.24, 2.45) is 0 Å². The molecule has 0 saturated heterocycles. The lowest BCUT2D eigenvalue weighted by Crippen LogP contribution is -2.53. The van der Waals surface area contributed by atoms with Gasteiger partial charge in [0, 0.05) is 18.9 Å². The maximum absolute atomic E-state index is 12.0. The number of hydrogen-bond donors (Lipinski definition) is 2. The van der Waals surface area contributed by atoms with Crippen LogP contribution in [0.2, 0.25) is 0 Å². The minimum Gasteiger partial charge on any atom is -0.550 e. The van der Waals surface area contributed by atoms with Gasteiger partial charge in [0.15, 0.2) is 0 Å². The molecule has 0 aliphatic rings. The van der Waals surface area contributed by atoms with Gasteiger partial charge in [-0.15, -0.1) is 0 Å². The van der Waals surface area contributed by atoms with E-state index in [9.17, 15) is 14.7 Å². The SMILES string of the molecule is CCCCCCCCCCCCCNC(=O)N[C@H](CC(=O)[O-])C[N+](C)(C)C. The van der Waals surface area contributed by atoms with Gasteiger partial charge in [-0.1, -0.05) is 71.1 Å². The van der Waals surface area contributed by atoms with Crippen molar-refractivity contribution in [1.82, 2.24) is 10.6 Å². The van der Waals surface area contributed by atoms with Gasteiger partial charge >= 0.3 is 6.03 Å². The van der Waals surface area contributed by atoms with Crippen LogP contribution in [0.25, 0.3) is 0 Å². The van der Waals surface area contributed by atoms with E-state index in [0.717, 1.165) is 12.8 Å². The summed E-state index contributed by atoms with van der Waals surface area (Å²) in [5.41, 5.74) is 0. The highest BCUT2D eigenvalue weighted by Crippen LogP contribution is 2.11. The first kappa shape index (κ1) is 25.7. The predicted octanol–water partition coefficient (Wildman–Crippen LogP) is 2.81. The highest BCUT2D eigenvalue weighted by atomic mass is 16.4. The van der Waals surface area contributed by atoms with Crippen molar-refractivity contribution in [2.45, 2.75) is 90.0 Å². The second kappa shape index (κ2) is 15.7. The van der Waals surface area contributed by atoms with Crippen LogP contribution in [0, 0.1) is 0 Å². The molecule has 6 nitrogen and oxygen atoms in total. The van der Waals surface area contributed by atoms with Crippen LogP contribution in [-0.2, 0) is 4.79 Å². The molecule has 0 unspecified atom stereocenters. The highest BCUT2D eigenvalue weighted by molar-refractivity contribution is 5.75. The number of quaternary nitrogens is 1. The topological polar surface area (TPSA) is 81.3 Å². The minimum atomic E-state index is -1.14. The summed E-state index contributed by atoms with van der Waals surface area (Å²) >= 11 is 0. The van der Waals surface area contributed by atoms with Gasteiger partial charge in [0.2, 0.25) is 0 Å². The number of likely N-dealkylation sites (N-methyl/N-ethyl adjacent to an activating group) is 1. The van der Waals surface area contributed by atoms with Crippen molar-refractivity contribution < 1.29 is 19.2 Å². The summed E-state index contributed by atoms with van der Waals surface area (Å²) in [7, 11) is 5.90. The fourth-order valence-corrected chi connectivity index (χ4v) is 3.25. The second-order valence-corrected chi connectivity index (χ2v) is 8.68. The molecule has 2 N–H and O–H groups in total. The fourth-order valence-electron chi connectivity index (χ4n) is 3.25. The van der Waals surface area contributed by atoms with Gasteiger partial charge in [0.25, 0.3) is 0 Å². The molecule has 0 rings (SSSR count). The second-order valence-electron chi connectivity index (χ2n) is 8.68. The molecule has 2 amide bonds. The molecule has 0 spiro atoms. The molecule has 0 aromatic rings. The number of carbonyl (C=O) groups excluding carboxylic acids is 2. The van der Waals surface area contributed by atoms with Crippen molar-refractivity contribution in [3.63, 3.8) is 0 Å². The number of nitrogens with one attached hydrogen (secondary N) is 2. The third-order valence-electron chi connectivity index (χ3n) is 4.58. The Kier molecular flexibility index (Phi) is 15.0. The zero-order valence-corrected chi connectivity index (χ0v) is 18.1. The molecule has 0 bridgehead atoms. The summed E-state index contributed by atoms with van der Waals surface area (Å²) in [6.07, 6.45) is 13.9. The molecule has 0 fully saturated rings. The number of carboxylic acids is 1. The molecule has 0 heterocycles. The molecule has 0 aliphatic heterocycles. The molecule has 0 aliphatic carbocycles. The summed E-state index contributed by atoms with van der Waals surface area (Å²) in [5.74, 6) is -1.14. The van der Waals surface area contributed by atoms with E-state index in [1.807, 2.05) is 21.1 Å². The molecular weight excluding hydrogens is 342 g/mol. The van der Waals surface area contributed by atoms with Crippen LogP contribution in [0.3, 0.4) is 0 Å². The van der Waals surface area contributed by atoms with Crippen LogP contribution in [0.5, 0.6) is 0 Å². The predicted molar refractivity (Wildman–Crippen MR) is 109 cm³/mol. The maximum atomic E-state index is 12.0. The number of hydrogen-bond acceptors (Lipinski definition) is 3. The first-order valence-corrected chi connectivity index (χ1v) is 10.8. The van der Waals surface area contributed by atoms with E-state index in [1.54, 1.807) is 0 Å².